The molecule has 1 aliphatic heterocycles. The molecule has 20 heavy (non-hydrogen) atoms. The Balaban J connectivity index is 2.05. The highest BCUT2D eigenvalue weighted by Crippen LogP contribution is 2.39. The van der Waals surface area contributed by atoms with E-state index in [4.69, 9.17) is 9.84 Å². The predicted octanol–water partition coefficient (Wildman–Crippen LogP) is 2.17. The van der Waals surface area contributed by atoms with E-state index in [-0.39, 0.29) is 30.3 Å². The predicted molar refractivity (Wildman–Crippen MR) is 78.9 cm³/mol. The second kappa shape index (κ2) is 7.40. The van der Waals surface area contributed by atoms with E-state index in [1.165, 1.54) is 17.8 Å². The van der Waals surface area contributed by atoms with Crippen LogP contribution < -0.4 is 0 Å². The zero-order valence-electron chi connectivity index (χ0n) is 10.7. The standard InChI is InChI=1S/C13H15BrFNO3S/c14-10-7-9(1-2-11(10)15)13-16(12(18)8-20-13)3-5-19-6-4-17/h1-2,7,13,17H,3-6,8H2. The van der Waals surface area contributed by atoms with Crippen LogP contribution in [0.15, 0.2) is 22.7 Å². The zero-order chi connectivity index (χ0) is 14.5. The zero-order valence-corrected chi connectivity index (χ0v) is 13.1. The number of aliphatic hydroxyl groups is 1. The number of rotatable bonds is 6. The van der Waals surface area contributed by atoms with E-state index in [0.29, 0.717) is 23.4 Å². The first-order valence-electron chi connectivity index (χ1n) is 6.18. The van der Waals surface area contributed by atoms with Gasteiger partial charge in [0.05, 0.1) is 30.0 Å². The van der Waals surface area contributed by atoms with Gasteiger partial charge in [-0.05, 0) is 33.6 Å². The Hall–Kier alpha value is -0.630. The minimum Gasteiger partial charge on any atom is -0.394 e. The Labute approximate surface area is 129 Å². The summed E-state index contributed by atoms with van der Waals surface area (Å²) in [6, 6.07) is 4.79. The molecule has 1 atom stereocenters. The average molecular weight is 364 g/mol. The number of hydrogen-bond donors (Lipinski definition) is 1. The number of aliphatic hydroxyl groups excluding tert-OH is 1. The number of hydrogen-bond acceptors (Lipinski definition) is 4. The van der Waals surface area contributed by atoms with Crippen molar-refractivity contribution in [1.29, 1.82) is 0 Å². The van der Waals surface area contributed by atoms with Crippen LogP contribution in [0, 0.1) is 5.82 Å². The van der Waals surface area contributed by atoms with Crippen molar-refractivity contribution in [2.24, 2.45) is 0 Å². The summed E-state index contributed by atoms with van der Waals surface area (Å²) in [4.78, 5) is 13.6. The first-order valence-corrected chi connectivity index (χ1v) is 8.02. The number of carbonyl (C=O) groups is 1. The van der Waals surface area contributed by atoms with Gasteiger partial charge in [0.25, 0.3) is 0 Å². The minimum atomic E-state index is -0.319. The van der Waals surface area contributed by atoms with Crippen LogP contribution in [0.3, 0.4) is 0 Å². The van der Waals surface area contributed by atoms with Crippen molar-refractivity contribution >= 4 is 33.6 Å². The summed E-state index contributed by atoms with van der Waals surface area (Å²) >= 11 is 4.68. The van der Waals surface area contributed by atoms with Gasteiger partial charge in [0.1, 0.15) is 11.2 Å². The monoisotopic (exact) mass is 363 g/mol. The molecule has 1 unspecified atom stereocenters. The maximum Gasteiger partial charge on any atom is 0.233 e. The van der Waals surface area contributed by atoms with Crippen LogP contribution >= 0.6 is 27.7 Å². The summed E-state index contributed by atoms with van der Waals surface area (Å²) in [6.45, 7) is 1.08. The lowest BCUT2D eigenvalue weighted by molar-refractivity contribution is -0.128. The third-order valence-electron chi connectivity index (χ3n) is 2.91. The van der Waals surface area contributed by atoms with E-state index < -0.39 is 0 Å². The van der Waals surface area contributed by atoms with Gasteiger partial charge in [0.2, 0.25) is 5.91 Å². The summed E-state index contributed by atoms with van der Waals surface area (Å²) in [6.07, 6.45) is 0. The summed E-state index contributed by atoms with van der Waals surface area (Å²) in [5, 5.41) is 8.53. The number of halogens is 2. The largest absolute Gasteiger partial charge is 0.394 e. The average Bonchev–Trinajstić information content (AvgIpc) is 2.79. The number of benzene rings is 1. The molecule has 7 heteroatoms. The van der Waals surface area contributed by atoms with Crippen LogP contribution in [0.2, 0.25) is 0 Å². The number of thioether (sulfide) groups is 1. The van der Waals surface area contributed by atoms with Crippen LogP contribution in [0.25, 0.3) is 0 Å². The molecule has 0 aromatic heterocycles. The molecule has 0 spiro atoms. The van der Waals surface area contributed by atoms with Crippen molar-refractivity contribution in [3.8, 4) is 0 Å². The van der Waals surface area contributed by atoms with Gasteiger partial charge in [0, 0.05) is 6.54 Å². The van der Waals surface area contributed by atoms with Crippen molar-refractivity contribution in [3.05, 3.63) is 34.1 Å². The Bertz CT molecular complexity index is 489. The SMILES string of the molecule is O=C1CSC(c2ccc(F)c(Br)c2)N1CCOCCO. The summed E-state index contributed by atoms with van der Waals surface area (Å²) < 4.78 is 18.9. The fourth-order valence-corrected chi connectivity index (χ4v) is 3.57. The van der Waals surface area contributed by atoms with Crippen LogP contribution in [-0.4, -0.2) is 48.0 Å². The van der Waals surface area contributed by atoms with E-state index in [9.17, 15) is 9.18 Å². The van der Waals surface area contributed by atoms with Crippen LogP contribution in [0.1, 0.15) is 10.9 Å². The van der Waals surface area contributed by atoms with Crippen LogP contribution in [-0.2, 0) is 9.53 Å². The van der Waals surface area contributed by atoms with Crippen molar-refractivity contribution in [2.45, 2.75) is 5.37 Å². The van der Waals surface area contributed by atoms with E-state index in [1.807, 2.05) is 0 Å². The number of carbonyl (C=O) groups excluding carboxylic acids is 1. The molecule has 0 saturated carbocycles. The molecule has 110 valence electrons. The number of nitrogens with zero attached hydrogens (tertiary/aromatic N) is 1. The molecule has 0 radical (unpaired) electrons. The third kappa shape index (κ3) is 3.72. The highest BCUT2D eigenvalue weighted by atomic mass is 79.9. The molecular formula is C13H15BrFNO3S. The molecule has 1 aromatic rings. The van der Waals surface area contributed by atoms with Gasteiger partial charge < -0.3 is 14.7 Å². The van der Waals surface area contributed by atoms with Crippen molar-refractivity contribution in [3.63, 3.8) is 0 Å². The van der Waals surface area contributed by atoms with Gasteiger partial charge in [-0.25, -0.2) is 4.39 Å². The highest BCUT2D eigenvalue weighted by molar-refractivity contribution is 9.10. The molecule has 1 fully saturated rings. The van der Waals surface area contributed by atoms with Gasteiger partial charge >= 0.3 is 0 Å². The molecule has 1 aliphatic rings. The molecule has 1 heterocycles. The van der Waals surface area contributed by atoms with Crippen LogP contribution in [0.4, 0.5) is 4.39 Å². The Kier molecular flexibility index (Phi) is 5.83. The molecule has 2 rings (SSSR count). The number of amides is 1. The summed E-state index contributed by atoms with van der Waals surface area (Å²) in [5.74, 6) is 0.147. The molecule has 4 nitrogen and oxygen atoms in total. The van der Waals surface area contributed by atoms with Gasteiger partial charge in [-0.2, -0.15) is 0 Å². The van der Waals surface area contributed by atoms with Crippen LogP contribution in [0.5, 0.6) is 0 Å². The maximum atomic E-state index is 13.3. The van der Waals surface area contributed by atoms with Gasteiger partial charge in [-0.1, -0.05) is 6.07 Å². The topological polar surface area (TPSA) is 49.8 Å². The molecular weight excluding hydrogens is 349 g/mol. The van der Waals surface area contributed by atoms with E-state index in [1.54, 1.807) is 17.0 Å². The van der Waals surface area contributed by atoms with E-state index >= 15 is 0 Å². The first-order chi connectivity index (χ1) is 9.63. The molecule has 0 bridgehead atoms. The molecule has 0 aliphatic carbocycles. The lowest BCUT2D eigenvalue weighted by Gasteiger charge is -2.24. The Morgan fingerprint density at radius 3 is 3.00 bits per heavy atom. The van der Waals surface area contributed by atoms with Gasteiger partial charge in [-0.15, -0.1) is 11.8 Å². The van der Waals surface area contributed by atoms with Crippen molar-refractivity contribution in [2.75, 3.05) is 32.1 Å². The van der Waals surface area contributed by atoms with E-state index in [0.717, 1.165) is 5.56 Å². The number of ether oxygens (including phenoxy) is 1. The molecule has 1 saturated heterocycles. The lowest BCUT2D eigenvalue weighted by Crippen LogP contribution is -2.31. The van der Waals surface area contributed by atoms with Crippen molar-refractivity contribution in [1.82, 2.24) is 4.90 Å². The second-order valence-electron chi connectivity index (χ2n) is 4.26. The smallest absolute Gasteiger partial charge is 0.233 e. The lowest BCUT2D eigenvalue weighted by atomic mass is 10.2. The Morgan fingerprint density at radius 1 is 1.50 bits per heavy atom. The van der Waals surface area contributed by atoms with Gasteiger partial charge in [0.15, 0.2) is 0 Å². The fourth-order valence-electron chi connectivity index (χ4n) is 1.97. The molecule has 1 amide bonds. The fraction of sp³-hybridized carbons (Fsp3) is 0.462. The molecule has 1 N–H and O–H groups in total. The third-order valence-corrected chi connectivity index (χ3v) is 4.77. The van der Waals surface area contributed by atoms with E-state index in [2.05, 4.69) is 15.9 Å². The Morgan fingerprint density at radius 2 is 2.30 bits per heavy atom. The summed E-state index contributed by atoms with van der Waals surface area (Å²) in [5.41, 5.74) is 0.885. The first kappa shape index (κ1) is 15.8. The normalized spacial score (nSPS) is 18.9. The van der Waals surface area contributed by atoms with Gasteiger partial charge in [-0.3, -0.25) is 4.79 Å². The minimum absolute atomic E-state index is 0.0307. The maximum absolute atomic E-state index is 13.3. The van der Waals surface area contributed by atoms with Crippen molar-refractivity contribution < 1.29 is 19.0 Å². The highest BCUT2D eigenvalue weighted by Gasteiger charge is 2.32. The quantitative estimate of drug-likeness (QED) is 0.787. The summed E-state index contributed by atoms with van der Waals surface area (Å²) in [7, 11) is 0. The molecule has 1 aromatic carbocycles. The second-order valence-corrected chi connectivity index (χ2v) is 6.18.